The number of hydrogen-bond donors (Lipinski definition) is 1. The zero-order chi connectivity index (χ0) is 30.8. The molecule has 1 atom stereocenters. The van der Waals surface area contributed by atoms with Gasteiger partial charge in [0.05, 0.1) is 6.04 Å². The predicted octanol–water partition coefficient (Wildman–Crippen LogP) is 7.46. The van der Waals surface area contributed by atoms with Gasteiger partial charge in [-0.1, -0.05) is 126 Å². The van der Waals surface area contributed by atoms with E-state index in [0.29, 0.717) is 28.0 Å². The predicted molar refractivity (Wildman–Crippen MR) is 184 cm³/mol. The number of thioether (sulfide) groups is 1. The Hall–Kier alpha value is -4.17. The van der Waals surface area contributed by atoms with E-state index in [0.717, 1.165) is 49.7 Å². The third kappa shape index (κ3) is 8.72. The molecule has 8 heteroatoms. The van der Waals surface area contributed by atoms with Crippen molar-refractivity contribution < 1.29 is 4.79 Å². The van der Waals surface area contributed by atoms with Crippen molar-refractivity contribution in [3.8, 4) is 0 Å². The van der Waals surface area contributed by atoms with Crippen LogP contribution in [0.3, 0.4) is 0 Å². The number of hydrogen-bond acceptors (Lipinski definition) is 6. The second-order valence-corrected chi connectivity index (χ2v) is 12.5. The number of aromatic nitrogens is 2. The zero-order valence-corrected chi connectivity index (χ0v) is 26.6. The third-order valence-electron chi connectivity index (χ3n) is 7.95. The standard InChI is InChI=1S/C37H36ClN5OS/c38-34-25-35(43-21-19-42(20-22-43)26-29-13-6-2-7-14-29)41-37(40-34)45-27-30-15-10-18-32(23-30)36(44)39-33(31-16-8-3-9-17-31)24-28-11-4-1-5-12-28/h1-18,23,25,33H,19-22,24,26-27H2,(H,39,44). The van der Waals surface area contributed by atoms with Gasteiger partial charge in [-0.15, -0.1) is 0 Å². The average Bonchev–Trinajstić information content (AvgIpc) is 3.08. The van der Waals surface area contributed by atoms with E-state index in [-0.39, 0.29) is 11.9 Å². The molecule has 4 aromatic carbocycles. The first-order valence-corrected chi connectivity index (χ1v) is 16.6. The third-order valence-corrected chi connectivity index (χ3v) is 9.07. The summed E-state index contributed by atoms with van der Waals surface area (Å²) in [6, 6.07) is 40.4. The van der Waals surface area contributed by atoms with Crippen LogP contribution in [0.4, 0.5) is 5.82 Å². The molecular weight excluding hydrogens is 598 g/mol. The van der Waals surface area contributed by atoms with Gasteiger partial charge in [-0.25, -0.2) is 9.97 Å². The first-order chi connectivity index (χ1) is 22.1. The van der Waals surface area contributed by atoms with E-state index in [1.807, 2.05) is 66.7 Å². The molecule has 1 unspecified atom stereocenters. The Kier molecular flexibility index (Phi) is 10.4. The minimum atomic E-state index is -0.141. The summed E-state index contributed by atoms with van der Waals surface area (Å²) in [4.78, 5) is 27.5. The highest BCUT2D eigenvalue weighted by Gasteiger charge is 2.20. The molecule has 6 rings (SSSR count). The molecule has 1 amide bonds. The largest absolute Gasteiger partial charge is 0.354 e. The van der Waals surface area contributed by atoms with Crippen molar-refractivity contribution in [1.82, 2.24) is 20.2 Å². The van der Waals surface area contributed by atoms with Gasteiger partial charge in [0.25, 0.3) is 5.91 Å². The van der Waals surface area contributed by atoms with Crippen LogP contribution in [0.5, 0.6) is 0 Å². The van der Waals surface area contributed by atoms with Crippen LogP contribution in [0.15, 0.2) is 126 Å². The molecule has 6 nitrogen and oxygen atoms in total. The van der Waals surface area contributed by atoms with Crippen LogP contribution in [0.2, 0.25) is 5.15 Å². The molecule has 1 N–H and O–H groups in total. The van der Waals surface area contributed by atoms with Gasteiger partial charge in [-0.2, -0.15) is 0 Å². The summed E-state index contributed by atoms with van der Waals surface area (Å²) in [6.07, 6.45) is 0.711. The molecule has 0 aliphatic carbocycles. The molecule has 0 radical (unpaired) electrons. The topological polar surface area (TPSA) is 61.4 Å². The molecule has 1 saturated heterocycles. The van der Waals surface area contributed by atoms with E-state index in [1.54, 1.807) is 0 Å². The molecule has 0 saturated carbocycles. The number of halogens is 1. The quantitative estimate of drug-likeness (QED) is 0.0926. The van der Waals surface area contributed by atoms with Gasteiger partial charge >= 0.3 is 0 Å². The molecule has 5 aromatic rings. The minimum absolute atomic E-state index is 0.0978. The smallest absolute Gasteiger partial charge is 0.251 e. The normalized spacial score (nSPS) is 14.2. The van der Waals surface area contributed by atoms with E-state index in [4.69, 9.17) is 16.6 Å². The van der Waals surface area contributed by atoms with Gasteiger partial charge in [0.15, 0.2) is 5.16 Å². The van der Waals surface area contributed by atoms with Crippen molar-refractivity contribution in [2.24, 2.45) is 0 Å². The van der Waals surface area contributed by atoms with Gasteiger partial charge in [0.2, 0.25) is 0 Å². The molecule has 0 spiro atoms. The minimum Gasteiger partial charge on any atom is -0.354 e. The fourth-order valence-corrected chi connectivity index (χ4v) is 6.59. The summed E-state index contributed by atoms with van der Waals surface area (Å²) in [5, 5.41) is 4.34. The lowest BCUT2D eigenvalue weighted by Crippen LogP contribution is -2.46. The van der Waals surface area contributed by atoms with E-state index < -0.39 is 0 Å². The van der Waals surface area contributed by atoms with E-state index in [9.17, 15) is 4.79 Å². The monoisotopic (exact) mass is 633 g/mol. The number of benzene rings is 4. The molecule has 0 bridgehead atoms. The van der Waals surface area contributed by atoms with Crippen molar-refractivity contribution in [2.75, 3.05) is 31.1 Å². The number of nitrogens with one attached hydrogen (secondary N) is 1. The van der Waals surface area contributed by atoms with Gasteiger partial charge in [-0.3, -0.25) is 9.69 Å². The Balaban J connectivity index is 1.07. The van der Waals surface area contributed by atoms with Crippen LogP contribution < -0.4 is 10.2 Å². The number of carbonyl (C=O) groups is 1. The summed E-state index contributed by atoms with van der Waals surface area (Å²) < 4.78 is 0. The van der Waals surface area contributed by atoms with Crippen LogP contribution in [0, 0.1) is 0 Å². The number of amides is 1. The maximum absolute atomic E-state index is 13.5. The van der Waals surface area contributed by atoms with Crippen LogP contribution in [0.1, 0.15) is 38.7 Å². The molecule has 2 heterocycles. The van der Waals surface area contributed by atoms with Crippen molar-refractivity contribution in [2.45, 2.75) is 29.9 Å². The highest BCUT2D eigenvalue weighted by molar-refractivity contribution is 7.98. The van der Waals surface area contributed by atoms with Gasteiger partial charge in [0.1, 0.15) is 11.0 Å². The lowest BCUT2D eigenvalue weighted by molar-refractivity contribution is 0.0936. The molecule has 1 fully saturated rings. The number of anilines is 1. The number of piperazine rings is 1. The molecular formula is C37H36ClN5OS. The maximum Gasteiger partial charge on any atom is 0.251 e. The lowest BCUT2D eigenvalue weighted by Gasteiger charge is -2.35. The van der Waals surface area contributed by atoms with Gasteiger partial charge in [-0.05, 0) is 40.8 Å². The molecule has 228 valence electrons. The number of rotatable bonds is 11. The highest BCUT2D eigenvalue weighted by atomic mass is 35.5. The van der Waals surface area contributed by atoms with Crippen LogP contribution >= 0.6 is 23.4 Å². The SMILES string of the molecule is O=C(NC(Cc1ccccc1)c1ccccc1)c1cccc(CSc2nc(Cl)cc(N3CCN(Cc4ccccc4)CC3)n2)c1. The molecule has 45 heavy (non-hydrogen) atoms. The van der Waals surface area contributed by atoms with Crippen molar-refractivity contribution >= 4 is 35.1 Å². The Morgan fingerprint density at radius 2 is 1.40 bits per heavy atom. The summed E-state index contributed by atoms with van der Waals surface area (Å²) in [7, 11) is 0. The fourth-order valence-electron chi connectivity index (χ4n) is 5.57. The Morgan fingerprint density at radius 3 is 2.11 bits per heavy atom. The van der Waals surface area contributed by atoms with Gasteiger partial charge < -0.3 is 10.2 Å². The number of nitrogens with zero attached hydrogens (tertiary/aromatic N) is 4. The highest BCUT2D eigenvalue weighted by Crippen LogP contribution is 2.26. The maximum atomic E-state index is 13.5. The fraction of sp³-hybridized carbons (Fsp3) is 0.216. The molecule has 1 aromatic heterocycles. The van der Waals surface area contributed by atoms with Crippen LogP contribution in [-0.2, 0) is 18.7 Å². The second kappa shape index (κ2) is 15.2. The second-order valence-electron chi connectivity index (χ2n) is 11.2. The first-order valence-electron chi connectivity index (χ1n) is 15.3. The van der Waals surface area contributed by atoms with Gasteiger partial charge in [0, 0.05) is 50.1 Å². The van der Waals surface area contributed by atoms with Crippen molar-refractivity contribution in [3.05, 3.63) is 154 Å². The Morgan fingerprint density at radius 1 is 0.756 bits per heavy atom. The summed E-state index contributed by atoms with van der Waals surface area (Å²) >= 11 is 7.98. The van der Waals surface area contributed by atoms with Crippen LogP contribution in [-0.4, -0.2) is 47.0 Å². The van der Waals surface area contributed by atoms with E-state index >= 15 is 0 Å². The molecule has 1 aliphatic rings. The lowest BCUT2D eigenvalue weighted by atomic mass is 9.98. The summed E-state index contributed by atoms with van der Waals surface area (Å²) in [5.74, 6) is 1.38. The van der Waals surface area contributed by atoms with Crippen molar-refractivity contribution in [1.29, 1.82) is 0 Å². The Bertz CT molecular complexity index is 1680. The average molecular weight is 634 g/mol. The summed E-state index contributed by atoms with van der Waals surface area (Å²) in [6.45, 7) is 4.65. The van der Waals surface area contributed by atoms with E-state index in [2.05, 4.69) is 74.7 Å². The zero-order valence-electron chi connectivity index (χ0n) is 25.1. The number of carbonyl (C=O) groups excluding carboxylic acids is 1. The first kappa shape index (κ1) is 30.8. The van der Waals surface area contributed by atoms with Crippen LogP contribution in [0.25, 0.3) is 0 Å². The Labute approximate surface area is 274 Å². The molecule has 1 aliphatic heterocycles. The summed E-state index contributed by atoms with van der Waals surface area (Å²) in [5.41, 5.74) is 5.23. The van der Waals surface area contributed by atoms with E-state index in [1.165, 1.54) is 22.9 Å². The van der Waals surface area contributed by atoms with Crippen molar-refractivity contribution in [3.63, 3.8) is 0 Å².